The zero-order valence-corrected chi connectivity index (χ0v) is 13.1. The van der Waals surface area contributed by atoms with E-state index in [2.05, 4.69) is 10.6 Å². The summed E-state index contributed by atoms with van der Waals surface area (Å²) >= 11 is 11.7. The van der Waals surface area contributed by atoms with Crippen molar-refractivity contribution < 1.29 is 18.0 Å². The Morgan fingerprint density at radius 2 is 1.78 bits per heavy atom. The maximum Gasteiger partial charge on any atom is 0.418 e. The lowest BCUT2D eigenvalue weighted by atomic mass is 10.1. The summed E-state index contributed by atoms with van der Waals surface area (Å²) in [5.74, 6) is 0. The van der Waals surface area contributed by atoms with Gasteiger partial charge in [0.2, 0.25) is 0 Å². The number of rotatable bonds is 3. The van der Waals surface area contributed by atoms with Crippen LogP contribution in [0.4, 0.5) is 23.7 Å². The average Bonchev–Trinajstić information content (AvgIpc) is 2.46. The number of carbonyl (C=O) groups excluding carboxylic acids is 1. The Bertz CT molecular complexity index is 720. The lowest BCUT2D eigenvalue weighted by Crippen LogP contribution is -2.29. The molecule has 2 amide bonds. The van der Waals surface area contributed by atoms with Gasteiger partial charge in [0.1, 0.15) is 0 Å². The van der Waals surface area contributed by atoms with E-state index >= 15 is 0 Å². The SMILES string of the molecule is O=C(NCc1ccc(Cl)cc1Cl)Nc1ccccc1C(F)(F)F. The summed E-state index contributed by atoms with van der Waals surface area (Å²) in [6.45, 7) is 0.0516. The fourth-order valence-corrected chi connectivity index (χ4v) is 2.32. The molecule has 0 radical (unpaired) electrons. The van der Waals surface area contributed by atoms with Gasteiger partial charge in [-0.2, -0.15) is 13.2 Å². The van der Waals surface area contributed by atoms with Crippen molar-refractivity contribution in [1.82, 2.24) is 5.32 Å². The summed E-state index contributed by atoms with van der Waals surface area (Å²) in [6, 6.07) is 8.68. The second-order valence-corrected chi connectivity index (χ2v) is 5.43. The molecule has 0 unspecified atom stereocenters. The van der Waals surface area contributed by atoms with Crippen LogP contribution in [0.15, 0.2) is 42.5 Å². The molecule has 122 valence electrons. The molecule has 2 N–H and O–H groups in total. The minimum Gasteiger partial charge on any atom is -0.334 e. The molecule has 0 bridgehead atoms. The number of alkyl halides is 3. The van der Waals surface area contributed by atoms with Gasteiger partial charge in [0, 0.05) is 16.6 Å². The molecule has 2 aromatic rings. The summed E-state index contributed by atoms with van der Waals surface area (Å²) in [5, 5.41) is 5.42. The number of urea groups is 1. The molecule has 0 spiro atoms. The van der Waals surface area contributed by atoms with Gasteiger partial charge in [-0.05, 0) is 29.8 Å². The number of halogens is 5. The van der Waals surface area contributed by atoms with Gasteiger partial charge in [0.05, 0.1) is 11.3 Å². The second-order valence-electron chi connectivity index (χ2n) is 4.59. The Balaban J connectivity index is 2.03. The molecule has 0 aliphatic carbocycles. The molecule has 23 heavy (non-hydrogen) atoms. The molecule has 0 atom stereocenters. The van der Waals surface area contributed by atoms with E-state index in [1.807, 2.05) is 0 Å². The van der Waals surface area contributed by atoms with Crippen LogP contribution >= 0.6 is 23.2 Å². The van der Waals surface area contributed by atoms with E-state index in [0.717, 1.165) is 6.07 Å². The maximum atomic E-state index is 12.8. The van der Waals surface area contributed by atoms with Gasteiger partial charge >= 0.3 is 12.2 Å². The highest BCUT2D eigenvalue weighted by atomic mass is 35.5. The van der Waals surface area contributed by atoms with Gasteiger partial charge < -0.3 is 10.6 Å². The first-order valence-corrected chi connectivity index (χ1v) is 7.18. The van der Waals surface area contributed by atoms with Crippen molar-refractivity contribution >= 4 is 34.9 Å². The Kier molecular flexibility index (Phi) is 5.38. The number of benzene rings is 2. The third-order valence-corrected chi connectivity index (χ3v) is 3.52. The molecule has 0 fully saturated rings. The van der Waals surface area contributed by atoms with Crippen molar-refractivity contribution in [1.29, 1.82) is 0 Å². The average molecular weight is 363 g/mol. The summed E-state index contributed by atoms with van der Waals surface area (Å²) in [7, 11) is 0. The van der Waals surface area contributed by atoms with Crippen LogP contribution in [0.1, 0.15) is 11.1 Å². The fraction of sp³-hybridized carbons (Fsp3) is 0.133. The molecule has 0 aliphatic heterocycles. The molecular weight excluding hydrogens is 352 g/mol. The predicted molar refractivity (Wildman–Crippen MR) is 83.8 cm³/mol. The van der Waals surface area contributed by atoms with E-state index in [1.54, 1.807) is 12.1 Å². The Morgan fingerprint density at radius 1 is 1.09 bits per heavy atom. The number of amides is 2. The Labute approximate surface area is 140 Å². The van der Waals surface area contributed by atoms with Crippen LogP contribution in [0.2, 0.25) is 10.0 Å². The Morgan fingerprint density at radius 3 is 2.43 bits per heavy atom. The standard InChI is InChI=1S/C15H11Cl2F3N2O/c16-10-6-5-9(12(17)7-10)8-21-14(23)22-13-4-2-1-3-11(13)15(18,19)20/h1-7H,8H2,(H2,21,22,23). The minimum absolute atomic E-state index is 0.0516. The quantitative estimate of drug-likeness (QED) is 0.760. The van der Waals surface area contributed by atoms with Crippen LogP contribution in [0.3, 0.4) is 0 Å². The van der Waals surface area contributed by atoms with Gasteiger partial charge in [0.15, 0.2) is 0 Å². The van der Waals surface area contributed by atoms with Crippen LogP contribution in [0, 0.1) is 0 Å². The number of para-hydroxylation sites is 1. The van der Waals surface area contributed by atoms with Crippen molar-refractivity contribution in [3.8, 4) is 0 Å². The van der Waals surface area contributed by atoms with Crippen LogP contribution in [-0.4, -0.2) is 6.03 Å². The zero-order chi connectivity index (χ0) is 17.0. The third kappa shape index (κ3) is 4.77. The van der Waals surface area contributed by atoms with Crippen LogP contribution in [-0.2, 0) is 12.7 Å². The van der Waals surface area contributed by atoms with E-state index in [9.17, 15) is 18.0 Å². The lowest BCUT2D eigenvalue weighted by Gasteiger charge is -2.14. The normalized spacial score (nSPS) is 11.2. The van der Waals surface area contributed by atoms with Crippen LogP contribution in [0.5, 0.6) is 0 Å². The third-order valence-electron chi connectivity index (χ3n) is 2.94. The van der Waals surface area contributed by atoms with E-state index < -0.39 is 17.8 Å². The van der Waals surface area contributed by atoms with E-state index in [4.69, 9.17) is 23.2 Å². The van der Waals surface area contributed by atoms with Crippen molar-refractivity contribution in [2.45, 2.75) is 12.7 Å². The molecule has 2 rings (SSSR count). The van der Waals surface area contributed by atoms with Crippen LogP contribution < -0.4 is 10.6 Å². The smallest absolute Gasteiger partial charge is 0.334 e. The maximum absolute atomic E-state index is 12.8. The first kappa shape index (κ1) is 17.4. The van der Waals surface area contributed by atoms with Gasteiger partial charge in [-0.3, -0.25) is 0 Å². The molecule has 0 aromatic heterocycles. The summed E-state index contributed by atoms with van der Waals surface area (Å²) in [4.78, 5) is 11.8. The lowest BCUT2D eigenvalue weighted by molar-refractivity contribution is -0.136. The zero-order valence-electron chi connectivity index (χ0n) is 11.5. The molecule has 8 heteroatoms. The number of anilines is 1. The molecule has 0 saturated carbocycles. The first-order valence-electron chi connectivity index (χ1n) is 6.42. The number of hydrogen-bond donors (Lipinski definition) is 2. The van der Waals surface area contributed by atoms with E-state index in [1.165, 1.54) is 24.3 Å². The highest BCUT2D eigenvalue weighted by Crippen LogP contribution is 2.34. The van der Waals surface area contributed by atoms with Crippen LogP contribution in [0.25, 0.3) is 0 Å². The van der Waals surface area contributed by atoms with Gasteiger partial charge in [-0.25, -0.2) is 4.79 Å². The summed E-state index contributed by atoms with van der Waals surface area (Å²) < 4.78 is 38.5. The predicted octanol–water partition coefficient (Wildman–Crippen LogP) is 5.33. The summed E-state index contributed by atoms with van der Waals surface area (Å²) in [6.07, 6.45) is -4.55. The molecular formula is C15H11Cl2F3N2O. The number of hydrogen-bond acceptors (Lipinski definition) is 1. The van der Waals surface area contributed by atoms with Gasteiger partial charge in [0.25, 0.3) is 0 Å². The fourth-order valence-electron chi connectivity index (χ4n) is 1.85. The molecule has 3 nitrogen and oxygen atoms in total. The largest absolute Gasteiger partial charge is 0.418 e. The van der Waals surface area contributed by atoms with Crippen molar-refractivity contribution in [3.05, 3.63) is 63.6 Å². The van der Waals surface area contributed by atoms with Crippen molar-refractivity contribution in [2.75, 3.05) is 5.32 Å². The minimum atomic E-state index is -4.55. The number of carbonyl (C=O) groups is 1. The van der Waals surface area contributed by atoms with Crippen molar-refractivity contribution in [2.24, 2.45) is 0 Å². The van der Waals surface area contributed by atoms with Gasteiger partial charge in [-0.15, -0.1) is 0 Å². The molecule has 0 saturated heterocycles. The second kappa shape index (κ2) is 7.10. The molecule has 2 aromatic carbocycles. The first-order chi connectivity index (χ1) is 10.8. The highest BCUT2D eigenvalue weighted by molar-refractivity contribution is 6.35. The van der Waals surface area contributed by atoms with Gasteiger partial charge in [-0.1, -0.05) is 41.4 Å². The monoisotopic (exact) mass is 362 g/mol. The number of nitrogens with one attached hydrogen (secondary N) is 2. The topological polar surface area (TPSA) is 41.1 Å². The van der Waals surface area contributed by atoms with Crippen molar-refractivity contribution in [3.63, 3.8) is 0 Å². The molecule has 0 aliphatic rings. The van der Waals surface area contributed by atoms with E-state index in [-0.39, 0.29) is 12.2 Å². The highest BCUT2D eigenvalue weighted by Gasteiger charge is 2.33. The Hall–Kier alpha value is -1.92. The molecule has 0 heterocycles. The van der Waals surface area contributed by atoms with E-state index in [0.29, 0.717) is 15.6 Å². The summed E-state index contributed by atoms with van der Waals surface area (Å²) in [5.41, 5.74) is -0.644.